The van der Waals surface area contributed by atoms with Crippen molar-refractivity contribution in [2.75, 3.05) is 13.2 Å². The second-order valence-corrected chi connectivity index (χ2v) is 4.23. The summed E-state index contributed by atoms with van der Waals surface area (Å²) in [5.74, 6) is -0.608. The van der Waals surface area contributed by atoms with Crippen LogP contribution >= 0.6 is 0 Å². The quantitative estimate of drug-likeness (QED) is 0.647. The minimum absolute atomic E-state index is 0.0395. The number of aliphatic hydroxyl groups excluding tert-OH is 2. The molecule has 0 radical (unpaired) electrons. The van der Waals surface area contributed by atoms with E-state index in [2.05, 4.69) is 0 Å². The molecule has 0 aliphatic carbocycles. The topological polar surface area (TPSA) is 58.9 Å². The number of ether oxygens (including phenoxy) is 2. The van der Waals surface area contributed by atoms with E-state index in [1.54, 1.807) is 0 Å². The molecule has 2 rings (SSSR count). The highest BCUT2D eigenvalue weighted by Crippen LogP contribution is 2.36. The molecule has 2 aliphatic heterocycles. The number of hydrogen-bond donors (Lipinski definition) is 2. The van der Waals surface area contributed by atoms with Gasteiger partial charge in [-0.1, -0.05) is 0 Å². The summed E-state index contributed by atoms with van der Waals surface area (Å²) in [5.41, 5.74) is 0. The lowest BCUT2D eigenvalue weighted by Gasteiger charge is -2.44. The molecule has 0 saturated carbocycles. The summed E-state index contributed by atoms with van der Waals surface area (Å²) in [6.07, 6.45) is 3.36. The van der Waals surface area contributed by atoms with Gasteiger partial charge in [0.1, 0.15) is 0 Å². The Kier molecular flexibility index (Phi) is 3.07. The molecule has 2 N–H and O–H groups in total. The van der Waals surface area contributed by atoms with Gasteiger partial charge in [-0.2, -0.15) is 0 Å². The third kappa shape index (κ3) is 2.08. The minimum Gasteiger partial charge on any atom is -0.394 e. The van der Waals surface area contributed by atoms with Gasteiger partial charge in [-0.15, -0.1) is 0 Å². The summed E-state index contributed by atoms with van der Waals surface area (Å²) in [6.45, 7) is 0.660. The van der Waals surface area contributed by atoms with E-state index in [9.17, 15) is 5.11 Å². The Morgan fingerprint density at radius 1 is 1.36 bits per heavy atom. The van der Waals surface area contributed by atoms with E-state index in [0.717, 1.165) is 19.3 Å². The maximum Gasteiger partial charge on any atom is 0.171 e. The predicted molar refractivity (Wildman–Crippen MR) is 49.7 cm³/mol. The fourth-order valence-electron chi connectivity index (χ4n) is 2.34. The van der Waals surface area contributed by atoms with Crippen LogP contribution in [0.25, 0.3) is 0 Å². The summed E-state index contributed by atoms with van der Waals surface area (Å²) in [6, 6.07) is 0. The first kappa shape index (κ1) is 10.4. The summed E-state index contributed by atoms with van der Waals surface area (Å²) in [7, 11) is 0. The van der Waals surface area contributed by atoms with Crippen LogP contribution in [0.4, 0.5) is 0 Å². The first-order chi connectivity index (χ1) is 6.74. The highest BCUT2D eigenvalue weighted by molar-refractivity contribution is 4.85. The van der Waals surface area contributed by atoms with Crippen LogP contribution in [0.2, 0.25) is 0 Å². The third-order valence-electron chi connectivity index (χ3n) is 2.98. The van der Waals surface area contributed by atoms with Gasteiger partial charge in [0.05, 0.1) is 25.4 Å². The van der Waals surface area contributed by atoms with E-state index in [-0.39, 0.29) is 12.7 Å². The first-order valence-electron chi connectivity index (χ1n) is 5.35. The predicted octanol–water partition coefficient (Wildman–Crippen LogP) is 0.415. The molecule has 1 spiro atoms. The molecule has 0 aromatic rings. The summed E-state index contributed by atoms with van der Waals surface area (Å²) in [4.78, 5) is 0. The van der Waals surface area contributed by atoms with Crippen molar-refractivity contribution in [1.29, 1.82) is 0 Å². The lowest BCUT2D eigenvalue weighted by molar-refractivity contribution is -0.312. The van der Waals surface area contributed by atoms with E-state index < -0.39 is 11.9 Å². The van der Waals surface area contributed by atoms with E-state index >= 15 is 0 Å². The average molecular weight is 202 g/mol. The molecule has 2 heterocycles. The van der Waals surface area contributed by atoms with Gasteiger partial charge in [-0.3, -0.25) is 0 Å². The number of rotatable bonds is 1. The van der Waals surface area contributed by atoms with Gasteiger partial charge in [-0.05, 0) is 12.8 Å². The summed E-state index contributed by atoms with van der Waals surface area (Å²) >= 11 is 0. The molecular weight excluding hydrogens is 184 g/mol. The van der Waals surface area contributed by atoms with Crippen LogP contribution < -0.4 is 0 Å². The van der Waals surface area contributed by atoms with Crippen LogP contribution in [0.3, 0.4) is 0 Å². The molecule has 14 heavy (non-hydrogen) atoms. The highest BCUT2D eigenvalue weighted by atomic mass is 16.7. The van der Waals surface area contributed by atoms with Crippen LogP contribution in [-0.4, -0.2) is 41.4 Å². The molecule has 4 heteroatoms. The normalized spacial score (nSPS) is 44.1. The molecule has 0 aromatic carbocycles. The molecule has 0 unspecified atom stereocenters. The van der Waals surface area contributed by atoms with Crippen molar-refractivity contribution in [2.24, 2.45) is 0 Å². The Balaban J connectivity index is 2.02. The zero-order valence-corrected chi connectivity index (χ0v) is 8.32. The smallest absolute Gasteiger partial charge is 0.171 e. The van der Waals surface area contributed by atoms with Crippen LogP contribution in [0.15, 0.2) is 0 Å². The Bertz CT molecular complexity index is 189. The van der Waals surface area contributed by atoms with Crippen molar-refractivity contribution in [3.05, 3.63) is 0 Å². The molecule has 2 fully saturated rings. The summed E-state index contributed by atoms with van der Waals surface area (Å²) < 4.78 is 11.3. The molecule has 0 aromatic heterocycles. The number of hydrogen-bond acceptors (Lipinski definition) is 4. The lowest BCUT2D eigenvalue weighted by atomic mass is 9.93. The molecule has 2 saturated heterocycles. The van der Waals surface area contributed by atoms with Crippen LogP contribution in [0.1, 0.15) is 32.1 Å². The SMILES string of the molecule is OC[C@@H]1C[C@@H](O)C[C@]2(CCCCO2)O1. The second kappa shape index (κ2) is 4.14. The standard InChI is InChI=1S/C10H18O4/c11-7-9-5-8(12)6-10(14-9)3-1-2-4-13-10/h8-9,11-12H,1-7H2/t8-,9+,10+/m1/s1. The van der Waals surface area contributed by atoms with Crippen molar-refractivity contribution in [2.45, 2.75) is 50.1 Å². The maximum atomic E-state index is 9.66. The molecule has 0 bridgehead atoms. The molecule has 0 amide bonds. The van der Waals surface area contributed by atoms with E-state index in [0.29, 0.717) is 19.4 Å². The zero-order valence-electron chi connectivity index (χ0n) is 8.32. The van der Waals surface area contributed by atoms with Crippen molar-refractivity contribution < 1.29 is 19.7 Å². The minimum atomic E-state index is -0.608. The summed E-state index contributed by atoms with van der Waals surface area (Å²) in [5, 5.41) is 18.7. The molecule has 4 nitrogen and oxygen atoms in total. The fraction of sp³-hybridized carbons (Fsp3) is 1.00. The van der Waals surface area contributed by atoms with Gasteiger partial charge < -0.3 is 19.7 Å². The lowest BCUT2D eigenvalue weighted by Crippen LogP contribution is -2.50. The Morgan fingerprint density at radius 2 is 2.21 bits per heavy atom. The van der Waals surface area contributed by atoms with Crippen molar-refractivity contribution in [1.82, 2.24) is 0 Å². The zero-order chi connectivity index (χ0) is 10.0. The molecule has 3 atom stereocenters. The third-order valence-corrected chi connectivity index (χ3v) is 2.98. The Morgan fingerprint density at radius 3 is 2.86 bits per heavy atom. The van der Waals surface area contributed by atoms with Gasteiger partial charge in [0.2, 0.25) is 0 Å². The Labute approximate surface area is 83.8 Å². The van der Waals surface area contributed by atoms with Crippen molar-refractivity contribution >= 4 is 0 Å². The van der Waals surface area contributed by atoms with Gasteiger partial charge in [-0.25, -0.2) is 0 Å². The van der Waals surface area contributed by atoms with E-state index in [1.807, 2.05) is 0 Å². The molecular formula is C10H18O4. The molecule has 82 valence electrons. The van der Waals surface area contributed by atoms with E-state index in [4.69, 9.17) is 14.6 Å². The first-order valence-corrected chi connectivity index (χ1v) is 5.35. The van der Waals surface area contributed by atoms with Gasteiger partial charge in [0.15, 0.2) is 5.79 Å². The van der Waals surface area contributed by atoms with Crippen molar-refractivity contribution in [3.63, 3.8) is 0 Å². The highest BCUT2D eigenvalue weighted by Gasteiger charge is 2.42. The van der Waals surface area contributed by atoms with Crippen LogP contribution in [-0.2, 0) is 9.47 Å². The van der Waals surface area contributed by atoms with E-state index in [1.165, 1.54) is 0 Å². The van der Waals surface area contributed by atoms with Crippen molar-refractivity contribution in [3.8, 4) is 0 Å². The van der Waals surface area contributed by atoms with Gasteiger partial charge >= 0.3 is 0 Å². The monoisotopic (exact) mass is 202 g/mol. The maximum absolute atomic E-state index is 9.66. The Hall–Kier alpha value is -0.160. The van der Waals surface area contributed by atoms with Gasteiger partial charge in [0.25, 0.3) is 0 Å². The fourth-order valence-corrected chi connectivity index (χ4v) is 2.34. The molecule has 2 aliphatic rings. The van der Waals surface area contributed by atoms with Crippen LogP contribution in [0, 0.1) is 0 Å². The largest absolute Gasteiger partial charge is 0.394 e. The van der Waals surface area contributed by atoms with Crippen LogP contribution in [0.5, 0.6) is 0 Å². The van der Waals surface area contributed by atoms with Gasteiger partial charge in [0, 0.05) is 19.3 Å². The second-order valence-electron chi connectivity index (χ2n) is 4.23. The average Bonchev–Trinajstić information content (AvgIpc) is 2.17. The number of aliphatic hydroxyl groups is 2.